The van der Waals surface area contributed by atoms with Gasteiger partial charge < -0.3 is 10.1 Å². The number of rotatable bonds is 5. The largest absolute Gasteiger partial charge is 0.489 e. The van der Waals surface area contributed by atoms with Crippen LogP contribution >= 0.6 is 15.9 Å². The van der Waals surface area contributed by atoms with Gasteiger partial charge in [0.1, 0.15) is 12.4 Å². The van der Waals surface area contributed by atoms with E-state index in [0.29, 0.717) is 6.61 Å². The first kappa shape index (κ1) is 13.1. The van der Waals surface area contributed by atoms with Crippen molar-refractivity contribution < 1.29 is 4.74 Å². The molecule has 0 fully saturated rings. The zero-order chi connectivity index (χ0) is 12.8. The number of pyridine rings is 1. The molecular weight excluding hydrogens is 292 g/mol. The Labute approximate surface area is 115 Å². The zero-order valence-electron chi connectivity index (χ0n) is 10.2. The molecule has 94 valence electrons. The van der Waals surface area contributed by atoms with Gasteiger partial charge in [-0.3, -0.25) is 4.98 Å². The van der Waals surface area contributed by atoms with Crippen LogP contribution in [0.15, 0.2) is 47.1 Å². The number of halogens is 1. The minimum absolute atomic E-state index is 0.558. The molecule has 0 saturated carbocycles. The van der Waals surface area contributed by atoms with E-state index in [1.807, 2.05) is 37.4 Å². The first-order chi connectivity index (χ1) is 8.78. The van der Waals surface area contributed by atoms with Gasteiger partial charge in [-0.15, -0.1) is 0 Å². The first-order valence-electron chi connectivity index (χ1n) is 5.74. The van der Waals surface area contributed by atoms with Gasteiger partial charge in [0.2, 0.25) is 0 Å². The van der Waals surface area contributed by atoms with Gasteiger partial charge in [-0.2, -0.15) is 0 Å². The highest BCUT2D eigenvalue weighted by molar-refractivity contribution is 9.10. The summed E-state index contributed by atoms with van der Waals surface area (Å²) >= 11 is 3.45. The number of benzene rings is 1. The SMILES string of the molecule is CNCc1cc(OCc2cccc(Br)c2)ccn1. The van der Waals surface area contributed by atoms with Gasteiger partial charge >= 0.3 is 0 Å². The molecular formula is C14H15BrN2O. The lowest BCUT2D eigenvalue weighted by molar-refractivity contribution is 0.305. The van der Waals surface area contributed by atoms with Crippen LogP contribution in [0, 0.1) is 0 Å². The van der Waals surface area contributed by atoms with E-state index in [0.717, 1.165) is 28.0 Å². The average molecular weight is 307 g/mol. The molecule has 0 atom stereocenters. The first-order valence-corrected chi connectivity index (χ1v) is 6.54. The number of nitrogens with zero attached hydrogens (tertiary/aromatic N) is 1. The van der Waals surface area contributed by atoms with Crippen molar-refractivity contribution in [3.05, 3.63) is 58.3 Å². The van der Waals surface area contributed by atoms with Gasteiger partial charge in [0.05, 0.1) is 5.69 Å². The molecule has 3 nitrogen and oxygen atoms in total. The molecule has 0 saturated heterocycles. The number of aromatic nitrogens is 1. The zero-order valence-corrected chi connectivity index (χ0v) is 11.8. The molecule has 0 aliphatic rings. The highest BCUT2D eigenvalue weighted by Crippen LogP contribution is 2.16. The molecule has 2 aromatic rings. The van der Waals surface area contributed by atoms with Crippen LogP contribution in [0.3, 0.4) is 0 Å². The summed E-state index contributed by atoms with van der Waals surface area (Å²) in [4.78, 5) is 4.25. The Morgan fingerprint density at radius 3 is 2.94 bits per heavy atom. The molecule has 0 amide bonds. The fraction of sp³-hybridized carbons (Fsp3) is 0.214. The topological polar surface area (TPSA) is 34.1 Å². The van der Waals surface area contributed by atoms with Crippen molar-refractivity contribution in [1.29, 1.82) is 0 Å². The normalized spacial score (nSPS) is 10.3. The second-order valence-corrected chi connectivity index (χ2v) is 4.85. The predicted octanol–water partition coefficient (Wildman–Crippen LogP) is 3.14. The van der Waals surface area contributed by atoms with Crippen LogP contribution in [0.4, 0.5) is 0 Å². The van der Waals surface area contributed by atoms with Gasteiger partial charge in [-0.25, -0.2) is 0 Å². The standard InChI is InChI=1S/C14H15BrN2O/c1-16-9-13-8-14(5-6-17-13)18-10-11-3-2-4-12(15)7-11/h2-8,16H,9-10H2,1H3. The molecule has 0 spiro atoms. The molecule has 1 N–H and O–H groups in total. The third kappa shape index (κ3) is 3.82. The Morgan fingerprint density at radius 2 is 2.17 bits per heavy atom. The van der Waals surface area contributed by atoms with E-state index < -0.39 is 0 Å². The Balaban J connectivity index is 1.99. The summed E-state index contributed by atoms with van der Waals surface area (Å²) in [5.74, 6) is 0.843. The Bertz CT molecular complexity index is 517. The maximum atomic E-state index is 5.75. The fourth-order valence-electron chi connectivity index (χ4n) is 1.62. The summed E-state index contributed by atoms with van der Waals surface area (Å²) in [6.45, 7) is 1.30. The smallest absolute Gasteiger partial charge is 0.123 e. The van der Waals surface area contributed by atoms with Gasteiger partial charge in [-0.05, 0) is 30.8 Å². The Kier molecular flexibility index (Phi) is 4.73. The number of nitrogens with one attached hydrogen (secondary N) is 1. The summed E-state index contributed by atoms with van der Waals surface area (Å²) in [5, 5.41) is 3.07. The van der Waals surface area contributed by atoms with Crippen LogP contribution < -0.4 is 10.1 Å². The van der Waals surface area contributed by atoms with E-state index in [-0.39, 0.29) is 0 Å². The lowest BCUT2D eigenvalue weighted by Gasteiger charge is -2.08. The lowest BCUT2D eigenvalue weighted by Crippen LogP contribution is -2.07. The van der Waals surface area contributed by atoms with E-state index in [9.17, 15) is 0 Å². The van der Waals surface area contributed by atoms with Crippen molar-refractivity contribution in [2.75, 3.05) is 7.05 Å². The molecule has 1 aromatic carbocycles. The summed E-state index contributed by atoms with van der Waals surface area (Å²) in [5.41, 5.74) is 2.11. The van der Waals surface area contributed by atoms with Gasteiger partial charge in [0.15, 0.2) is 0 Å². The molecule has 0 aliphatic heterocycles. The number of ether oxygens (including phenoxy) is 1. The maximum absolute atomic E-state index is 5.75. The van der Waals surface area contributed by atoms with Crippen LogP contribution in [0.2, 0.25) is 0 Å². The summed E-state index contributed by atoms with van der Waals surface area (Å²) in [6.07, 6.45) is 1.77. The van der Waals surface area contributed by atoms with Crippen molar-refractivity contribution in [3.8, 4) is 5.75 Å². The molecule has 18 heavy (non-hydrogen) atoms. The predicted molar refractivity (Wildman–Crippen MR) is 75.5 cm³/mol. The Morgan fingerprint density at radius 1 is 1.28 bits per heavy atom. The maximum Gasteiger partial charge on any atom is 0.123 e. The molecule has 1 heterocycles. The van der Waals surface area contributed by atoms with Crippen molar-refractivity contribution in [2.24, 2.45) is 0 Å². The van der Waals surface area contributed by atoms with Crippen LogP contribution in [-0.4, -0.2) is 12.0 Å². The molecule has 0 bridgehead atoms. The van der Waals surface area contributed by atoms with Gasteiger partial charge in [0.25, 0.3) is 0 Å². The van der Waals surface area contributed by atoms with E-state index in [2.05, 4.69) is 32.3 Å². The van der Waals surface area contributed by atoms with E-state index in [1.54, 1.807) is 6.20 Å². The number of hydrogen-bond donors (Lipinski definition) is 1. The minimum Gasteiger partial charge on any atom is -0.489 e. The van der Waals surface area contributed by atoms with Crippen LogP contribution in [0.1, 0.15) is 11.3 Å². The quantitative estimate of drug-likeness (QED) is 0.921. The van der Waals surface area contributed by atoms with E-state index >= 15 is 0 Å². The van der Waals surface area contributed by atoms with Crippen LogP contribution in [0.5, 0.6) is 5.75 Å². The lowest BCUT2D eigenvalue weighted by atomic mass is 10.2. The van der Waals surface area contributed by atoms with Crippen LogP contribution in [-0.2, 0) is 13.2 Å². The number of hydrogen-bond acceptors (Lipinski definition) is 3. The average Bonchev–Trinajstić information content (AvgIpc) is 2.37. The second kappa shape index (κ2) is 6.52. The fourth-order valence-corrected chi connectivity index (χ4v) is 2.06. The molecule has 0 radical (unpaired) electrons. The highest BCUT2D eigenvalue weighted by atomic mass is 79.9. The molecule has 0 unspecified atom stereocenters. The van der Waals surface area contributed by atoms with Crippen molar-refractivity contribution in [3.63, 3.8) is 0 Å². The van der Waals surface area contributed by atoms with Crippen molar-refractivity contribution in [2.45, 2.75) is 13.2 Å². The Hall–Kier alpha value is -1.39. The molecule has 4 heteroatoms. The van der Waals surface area contributed by atoms with Gasteiger partial charge in [0, 0.05) is 23.3 Å². The van der Waals surface area contributed by atoms with Gasteiger partial charge in [-0.1, -0.05) is 28.1 Å². The summed E-state index contributed by atoms with van der Waals surface area (Å²) < 4.78 is 6.81. The molecule has 2 rings (SSSR count). The van der Waals surface area contributed by atoms with Crippen molar-refractivity contribution >= 4 is 15.9 Å². The minimum atomic E-state index is 0.558. The van der Waals surface area contributed by atoms with Crippen LogP contribution in [0.25, 0.3) is 0 Å². The summed E-state index contributed by atoms with van der Waals surface area (Å²) in [6, 6.07) is 11.9. The summed E-state index contributed by atoms with van der Waals surface area (Å²) in [7, 11) is 1.90. The monoisotopic (exact) mass is 306 g/mol. The van der Waals surface area contributed by atoms with Crippen molar-refractivity contribution in [1.82, 2.24) is 10.3 Å². The molecule has 0 aliphatic carbocycles. The highest BCUT2D eigenvalue weighted by Gasteiger charge is 1.99. The second-order valence-electron chi connectivity index (χ2n) is 3.93. The molecule has 1 aromatic heterocycles. The third-order valence-electron chi connectivity index (χ3n) is 2.44. The van der Waals surface area contributed by atoms with E-state index in [1.165, 1.54) is 0 Å². The third-order valence-corrected chi connectivity index (χ3v) is 2.93. The van der Waals surface area contributed by atoms with E-state index in [4.69, 9.17) is 4.74 Å².